The van der Waals surface area contributed by atoms with Gasteiger partial charge in [-0.2, -0.15) is 0 Å². The second-order valence-electron chi connectivity index (χ2n) is 4.18. The average Bonchev–Trinajstić information content (AvgIpc) is 2.27. The third kappa shape index (κ3) is 4.44. The van der Waals surface area contributed by atoms with Crippen molar-refractivity contribution >= 4 is 5.97 Å². The zero-order valence-electron chi connectivity index (χ0n) is 10.1. The lowest BCUT2D eigenvalue weighted by Crippen LogP contribution is -2.21. The molecule has 1 rings (SSSR count). The van der Waals surface area contributed by atoms with Crippen LogP contribution in [0.25, 0.3) is 0 Å². The molecule has 0 radical (unpaired) electrons. The maximum absolute atomic E-state index is 11.1. The first-order valence-corrected chi connectivity index (χ1v) is 5.56. The van der Waals surface area contributed by atoms with Gasteiger partial charge in [0.15, 0.2) is 0 Å². The van der Waals surface area contributed by atoms with Crippen molar-refractivity contribution in [3.63, 3.8) is 0 Å². The predicted molar refractivity (Wildman–Crippen MR) is 64.1 cm³/mol. The lowest BCUT2D eigenvalue weighted by atomic mass is 9.94. The van der Waals surface area contributed by atoms with E-state index in [-0.39, 0.29) is 6.42 Å². The summed E-state index contributed by atoms with van der Waals surface area (Å²) >= 11 is 0. The van der Waals surface area contributed by atoms with E-state index >= 15 is 0 Å². The second kappa shape index (κ2) is 6.25. The number of ether oxygens (including phenoxy) is 1. The van der Waals surface area contributed by atoms with Crippen molar-refractivity contribution in [2.24, 2.45) is 5.92 Å². The zero-order chi connectivity index (χ0) is 12.8. The van der Waals surface area contributed by atoms with Crippen molar-refractivity contribution in [3.8, 4) is 5.75 Å². The topological polar surface area (TPSA) is 66.8 Å². The summed E-state index contributed by atoms with van der Waals surface area (Å²) in [6, 6.07) is 7.32. The van der Waals surface area contributed by atoms with Crippen molar-refractivity contribution in [1.29, 1.82) is 0 Å². The Balaban J connectivity index is 2.74. The normalized spacial score (nSPS) is 14.1. The van der Waals surface area contributed by atoms with Crippen LogP contribution in [0.15, 0.2) is 24.3 Å². The van der Waals surface area contributed by atoms with Gasteiger partial charge in [-0.25, -0.2) is 0 Å². The molecule has 2 N–H and O–H groups in total. The monoisotopic (exact) mass is 238 g/mol. The molecular formula is C13H18O4. The third-order valence-corrected chi connectivity index (χ3v) is 2.59. The van der Waals surface area contributed by atoms with Crippen LogP contribution >= 0.6 is 0 Å². The largest absolute Gasteiger partial charge is 0.497 e. The number of aliphatic carboxylic acids is 1. The Morgan fingerprint density at radius 3 is 2.71 bits per heavy atom. The van der Waals surface area contributed by atoms with Crippen molar-refractivity contribution in [3.05, 3.63) is 29.8 Å². The molecule has 0 aliphatic carbocycles. The van der Waals surface area contributed by atoms with Gasteiger partial charge < -0.3 is 14.9 Å². The van der Waals surface area contributed by atoms with Crippen molar-refractivity contribution < 1.29 is 19.7 Å². The summed E-state index contributed by atoms with van der Waals surface area (Å²) in [6.07, 6.45) is 0.0472. The Morgan fingerprint density at radius 1 is 1.47 bits per heavy atom. The predicted octanol–water partition coefficient (Wildman–Crippen LogP) is 1.71. The Labute approximate surface area is 101 Å². The first-order valence-electron chi connectivity index (χ1n) is 5.56. The van der Waals surface area contributed by atoms with Gasteiger partial charge in [0.2, 0.25) is 0 Å². The van der Waals surface area contributed by atoms with Crippen molar-refractivity contribution in [2.75, 3.05) is 7.11 Å². The van der Waals surface area contributed by atoms with Crippen LogP contribution in [0.5, 0.6) is 5.75 Å². The van der Waals surface area contributed by atoms with Gasteiger partial charge in [-0.15, -0.1) is 0 Å². The summed E-state index contributed by atoms with van der Waals surface area (Å²) in [6.45, 7) is 1.60. The summed E-state index contributed by atoms with van der Waals surface area (Å²) in [4.78, 5) is 11.1. The van der Waals surface area contributed by atoms with Crippen LogP contribution in [0.3, 0.4) is 0 Å². The molecule has 1 aromatic rings. The van der Waals surface area contributed by atoms with E-state index in [0.717, 1.165) is 5.56 Å². The van der Waals surface area contributed by atoms with E-state index < -0.39 is 18.0 Å². The molecule has 4 heteroatoms. The van der Waals surface area contributed by atoms with Gasteiger partial charge in [0.25, 0.3) is 0 Å². The Kier molecular flexibility index (Phi) is 4.97. The van der Waals surface area contributed by atoms with Gasteiger partial charge >= 0.3 is 5.97 Å². The molecule has 17 heavy (non-hydrogen) atoms. The highest BCUT2D eigenvalue weighted by molar-refractivity contribution is 5.70. The maximum Gasteiger partial charge on any atom is 0.306 e. The highest BCUT2D eigenvalue weighted by atomic mass is 16.5. The van der Waals surface area contributed by atoms with Gasteiger partial charge in [0.05, 0.1) is 19.1 Å². The molecule has 2 unspecified atom stereocenters. The van der Waals surface area contributed by atoms with Gasteiger partial charge in [-0.3, -0.25) is 4.79 Å². The van der Waals surface area contributed by atoms with Crippen LogP contribution in [0.1, 0.15) is 18.9 Å². The molecule has 0 fully saturated rings. The van der Waals surface area contributed by atoms with Crippen LogP contribution in [-0.4, -0.2) is 29.4 Å². The van der Waals surface area contributed by atoms with Crippen LogP contribution < -0.4 is 4.74 Å². The van der Waals surface area contributed by atoms with Gasteiger partial charge in [-0.1, -0.05) is 12.1 Å². The number of hydrogen-bond donors (Lipinski definition) is 2. The number of aliphatic hydroxyl groups is 1. The van der Waals surface area contributed by atoms with Gasteiger partial charge in [0.1, 0.15) is 5.75 Å². The lowest BCUT2D eigenvalue weighted by Gasteiger charge is -2.14. The average molecular weight is 238 g/mol. The summed E-state index contributed by atoms with van der Waals surface area (Å²) in [5.74, 6) is -0.737. The molecule has 0 heterocycles. The summed E-state index contributed by atoms with van der Waals surface area (Å²) in [5.41, 5.74) is 0.900. The number of carboxylic acid groups (broad SMARTS) is 1. The standard InChI is InChI=1S/C13H18O4/c1-9(14)6-11(13(15)16)7-10-4-3-5-12(8-10)17-2/h3-5,8-9,11,14H,6-7H2,1-2H3,(H,15,16). The van der Waals surface area contributed by atoms with Crippen molar-refractivity contribution in [1.82, 2.24) is 0 Å². The summed E-state index contributed by atoms with van der Waals surface area (Å²) in [5, 5.41) is 18.3. The highest BCUT2D eigenvalue weighted by Crippen LogP contribution is 2.19. The fraction of sp³-hybridized carbons (Fsp3) is 0.462. The van der Waals surface area contributed by atoms with Gasteiger partial charge in [0, 0.05) is 0 Å². The van der Waals surface area contributed by atoms with Gasteiger partial charge in [-0.05, 0) is 37.5 Å². The Hall–Kier alpha value is -1.55. The number of benzene rings is 1. The molecule has 0 aliphatic heterocycles. The molecule has 4 nitrogen and oxygen atoms in total. The van der Waals surface area contributed by atoms with E-state index in [9.17, 15) is 9.90 Å². The number of rotatable bonds is 6. The summed E-state index contributed by atoms with van der Waals surface area (Å²) in [7, 11) is 1.57. The molecule has 0 spiro atoms. The number of methoxy groups -OCH3 is 1. The molecule has 2 atom stereocenters. The van der Waals surface area contributed by atoms with E-state index in [4.69, 9.17) is 9.84 Å². The second-order valence-corrected chi connectivity index (χ2v) is 4.18. The fourth-order valence-electron chi connectivity index (χ4n) is 1.77. The van der Waals surface area contributed by atoms with E-state index in [1.807, 2.05) is 24.3 Å². The van der Waals surface area contributed by atoms with E-state index in [1.165, 1.54) is 0 Å². The first kappa shape index (κ1) is 13.5. The zero-order valence-corrected chi connectivity index (χ0v) is 10.1. The smallest absolute Gasteiger partial charge is 0.306 e. The van der Waals surface area contributed by atoms with Crippen LogP contribution in [-0.2, 0) is 11.2 Å². The quantitative estimate of drug-likeness (QED) is 0.791. The summed E-state index contributed by atoms with van der Waals surface area (Å²) < 4.78 is 5.08. The molecule has 0 saturated heterocycles. The van der Waals surface area contributed by atoms with Crippen LogP contribution in [0.4, 0.5) is 0 Å². The van der Waals surface area contributed by atoms with Crippen LogP contribution in [0.2, 0.25) is 0 Å². The molecule has 0 saturated carbocycles. The minimum absolute atomic E-state index is 0.256. The number of aliphatic hydroxyl groups excluding tert-OH is 1. The molecule has 0 bridgehead atoms. The maximum atomic E-state index is 11.1. The van der Waals surface area contributed by atoms with E-state index in [0.29, 0.717) is 12.2 Å². The third-order valence-electron chi connectivity index (χ3n) is 2.59. The number of carbonyl (C=O) groups is 1. The molecule has 94 valence electrons. The number of carboxylic acids is 1. The lowest BCUT2D eigenvalue weighted by molar-refractivity contribution is -0.142. The first-order chi connectivity index (χ1) is 8.02. The van der Waals surface area contributed by atoms with Crippen molar-refractivity contribution in [2.45, 2.75) is 25.9 Å². The number of hydrogen-bond acceptors (Lipinski definition) is 3. The molecule has 1 aromatic carbocycles. The molecule has 0 amide bonds. The van der Waals surface area contributed by atoms with E-state index in [2.05, 4.69) is 0 Å². The Bertz CT molecular complexity index is 373. The SMILES string of the molecule is COc1cccc(CC(CC(C)O)C(=O)O)c1. The fourth-order valence-corrected chi connectivity index (χ4v) is 1.77. The van der Waals surface area contributed by atoms with Crippen LogP contribution in [0, 0.1) is 5.92 Å². The van der Waals surface area contributed by atoms with E-state index in [1.54, 1.807) is 14.0 Å². The molecule has 0 aromatic heterocycles. The Morgan fingerprint density at radius 2 is 2.18 bits per heavy atom. The highest BCUT2D eigenvalue weighted by Gasteiger charge is 2.20. The molecular weight excluding hydrogens is 220 g/mol. The minimum atomic E-state index is -0.881. The molecule has 0 aliphatic rings. The minimum Gasteiger partial charge on any atom is -0.497 e.